The first-order valence-electron chi connectivity index (χ1n) is 9.02. The number of thiophene rings is 1. The number of nitrogens with zero attached hydrogens (tertiary/aromatic N) is 2. The van der Waals surface area contributed by atoms with Crippen molar-refractivity contribution in [1.29, 1.82) is 0 Å². The molecule has 5 nitrogen and oxygen atoms in total. The average Bonchev–Trinajstić information content (AvgIpc) is 3.07. The highest BCUT2D eigenvalue weighted by Crippen LogP contribution is 2.13. The number of carbonyl (C=O) groups is 1. The van der Waals surface area contributed by atoms with Gasteiger partial charge in [0.2, 0.25) is 0 Å². The van der Waals surface area contributed by atoms with Crippen LogP contribution in [0.3, 0.4) is 0 Å². The number of rotatable bonds is 8. The first-order chi connectivity index (χ1) is 12.6. The van der Waals surface area contributed by atoms with E-state index in [1.165, 1.54) is 12.8 Å². The average molecular weight is 384 g/mol. The fourth-order valence-corrected chi connectivity index (χ4v) is 2.65. The van der Waals surface area contributed by atoms with Crippen molar-refractivity contribution in [3.05, 3.63) is 50.6 Å². The molecule has 0 radical (unpaired) electrons. The van der Waals surface area contributed by atoms with E-state index >= 15 is 0 Å². The second kappa shape index (κ2) is 15.4. The summed E-state index contributed by atoms with van der Waals surface area (Å²) in [5.74, 6) is 0. The Labute approximate surface area is 159 Å². The van der Waals surface area contributed by atoms with E-state index in [1.807, 2.05) is 13.8 Å². The molecule has 2 heterocycles. The molecule has 26 heavy (non-hydrogen) atoms. The Hall–Kier alpha value is -1.86. The van der Waals surface area contributed by atoms with Crippen molar-refractivity contribution < 1.29 is 9.18 Å². The largest absolute Gasteiger partial charge is 0.326 e. The van der Waals surface area contributed by atoms with Gasteiger partial charge in [-0.25, -0.2) is 0 Å². The van der Waals surface area contributed by atoms with Crippen molar-refractivity contribution in [1.82, 2.24) is 14.9 Å². The minimum Gasteiger partial charge on any atom is -0.326 e. The second-order valence-corrected chi connectivity index (χ2v) is 6.04. The van der Waals surface area contributed by atoms with Gasteiger partial charge in [0.05, 0.1) is 0 Å². The van der Waals surface area contributed by atoms with Gasteiger partial charge in [-0.1, -0.05) is 34.1 Å². The molecule has 0 aromatic carbocycles. The van der Waals surface area contributed by atoms with Crippen molar-refractivity contribution in [2.45, 2.75) is 53.5 Å². The molecule has 7 heteroatoms. The van der Waals surface area contributed by atoms with Gasteiger partial charge in [0.1, 0.15) is 12.0 Å². The van der Waals surface area contributed by atoms with E-state index < -0.39 is 0 Å². The van der Waals surface area contributed by atoms with Crippen LogP contribution in [0.25, 0.3) is 0 Å². The van der Waals surface area contributed by atoms with Crippen LogP contribution in [-0.2, 0) is 17.8 Å². The van der Waals surface area contributed by atoms with Gasteiger partial charge >= 0.3 is 0 Å². The lowest BCUT2D eigenvalue weighted by Gasteiger charge is -2.18. The SMILES string of the molecule is CC.CCCCN(CC)Cc1ncc[nH]c1=O.O=CCc1ccsc1F. The van der Waals surface area contributed by atoms with E-state index in [9.17, 15) is 14.0 Å². The first kappa shape index (κ1) is 24.1. The summed E-state index contributed by atoms with van der Waals surface area (Å²) in [5.41, 5.74) is 1.03. The normalized spacial score (nSPS) is 9.77. The zero-order chi connectivity index (χ0) is 19.8. The third-order valence-electron chi connectivity index (χ3n) is 3.43. The number of hydrogen-bond acceptors (Lipinski definition) is 5. The van der Waals surface area contributed by atoms with Crippen LogP contribution >= 0.6 is 11.3 Å². The minimum atomic E-state index is -0.248. The number of carbonyl (C=O) groups excluding carboxylic acids is 1. The van der Waals surface area contributed by atoms with Crippen LogP contribution in [0.15, 0.2) is 28.6 Å². The molecule has 2 aromatic rings. The highest BCUT2D eigenvalue weighted by molar-refractivity contribution is 7.08. The predicted octanol–water partition coefficient (Wildman–Crippen LogP) is 4.05. The maximum Gasteiger partial charge on any atom is 0.270 e. The molecule has 1 N–H and O–H groups in total. The maximum atomic E-state index is 12.4. The third-order valence-corrected chi connectivity index (χ3v) is 4.17. The summed E-state index contributed by atoms with van der Waals surface area (Å²) in [7, 11) is 0. The molecule has 0 amide bonds. The highest BCUT2D eigenvalue weighted by Gasteiger charge is 2.06. The van der Waals surface area contributed by atoms with Crippen molar-refractivity contribution >= 4 is 17.6 Å². The smallest absolute Gasteiger partial charge is 0.270 e. The summed E-state index contributed by atoms with van der Waals surface area (Å²) in [6.07, 6.45) is 6.42. The molecule has 0 aliphatic heterocycles. The van der Waals surface area contributed by atoms with Gasteiger partial charge in [-0.15, -0.1) is 11.3 Å². The molecule has 0 atom stereocenters. The zero-order valence-corrected chi connectivity index (χ0v) is 16.9. The molecule has 146 valence electrons. The number of unbranched alkanes of at least 4 members (excludes halogenated alkanes) is 1. The summed E-state index contributed by atoms with van der Waals surface area (Å²) in [4.78, 5) is 30.2. The van der Waals surface area contributed by atoms with Crippen LogP contribution in [0.2, 0.25) is 0 Å². The molecular formula is C19H30FN3O2S. The summed E-state index contributed by atoms with van der Waals surface area (Å²) in [6.45, 7) is 10.9. The van der Waals surface area contributed by atoms with Crippen molar-refractivity contribution in [3.8, 4) is 0 Å². The van der Waals surface area contributed by atoms with E-state index in [0.717, 1.165) is 24.4 Å². The van der Waals surface area contributed by atoms with Gasteiger partial charge in [-0.05, 0) is 31.0 Å². The highest BCUT2D eigenvalue weighted by atomic mass is 32.1. The minimum absolute atomic E-state index is 0.0764. The second-order valence-electron chi connectivity index (χ2n) is 5.18. The standard InChI is InChI=1S/C11H19N3O.C6H5FOS.C2H6/c1-3-5-8-14(4-2)9-10-11(15)13-7-6-12-10;7-6-5(1-3-8)2-4-9-6;1-2/h6-7H,3-5,8-9H2,1-2H3,(H,13,15);2-4H,1H2;1-2H3. The quantitative estimate of drug-likeness (QED) is 0.699. The van der Waals surface area contributed by atoms with Gasteiger partial charge in [-0.3, -0.25) is 14.7 Å². The van der Waals surface area contributed by atoms with Gasteiger partial charge in [-0.2, -0.15) is 4.39 Å². The number of aromatic amines is 1. The Morgan fingerprint density at radius 1 is 1.35 bits per heavy atom. The molecule has 0 saturated heterocycles. The van der Waals surface area contributed by atoms with E-state index in [2.05, 4.69) is 28.7 Å². The van der Waals surface area contributed by atoms with Crippen LogP contribution in [-0.4, -0.2) is 34.2 Å². The van der Waals surface area contributed by atoms with Crippen LogP contribution in [0.5, 0.6) is 0 Å². The lowest BCUT2D eigenvalue weighted by molar-refractivity contribution is -0.107. The first-order valence-corrected chi connectivity index (χ1v) is 9.90. The van der Waals surface area contributed by atoms with Crippen molar-refractivity contribution in [2.24, 2.45) is 0 Å². The molecule has 2 rings (SSSR count). The van der Waals surface area contributed by atoms with Crippen LogP contribution in [0.4, 0.5) is 4.39 Å². The maximum absolute atomic E-state index is 12.4. The Kier molecular flexibility index (Phi) is 14.3. The number of aromatic nitrogens is 2. The fraction of sp³-hybridized carbons (Fsp3) is 0.526. The van der Waals surface area contributed by atoms with Crippen molar-refractivity contribution in [3.63, 3.8) is 0 Å². The third kappa shape index (κ3) is 9.58. The van der Waals surface area contributed by atoms with E-state index in [-0.39, 0.29) is 17.1 Å². The Morgan fingerprint density at radius 3 is 2.58 bits per heavy atom. The van der Waals surface area contributed by atoms with Gasteiger partial charge in [0, 0.05) is 30.9 Å². The molecule has 0 saturated carbocycles. The Balaban J connectivity index is 0.000000484. The monoisotopic (exact) mass is 383 g/mol. The number of hydrogen-bond donors (Lipinski definition) is 1. The molecule has 0 bridgehead atoms. The molecule has 2 aromatic heterocycles. The van der Waals surface area contributed by atoms with Gasteiger partial charge in [0.25, 0.3) is 5.56 Å². The van der Waals surface area contributed by atoms with Gasteiger partial charge < -0.3 is 9.78 Å². The number of nitrogens with one attached hydrogen (secondary N) is 1. The summed E-state index contributed by atoms with van der Waals surface area (Å²) < 4.78 is 12.4. The van der Waals surface area contributed by atoms with E-state index in [0.29, 0.717) is 24.1 Å². The number of aldehydes is 1. The number of H-pyrrole nitrogens is 1. The molecule has 0 spiro atoms. The molecule has 0 aliphatic carbocycles. The lowest BCUT2D eigenvalue weighted by atomic mass is 10.3. The lowest BCUT2D eigenvalue weighted by Crippen LogP contribution is -2.28. The van der Waals surface area contributed by atoms with E-state index in [1.54, 1.807) is 23.8 Å². The predicted molar refractivity (Wildman–Crippen MR) is 106 cm³/mol. The molecular weight excluding hydrogens is 353 g/mol. The fourth-order valence-electron chi connectivity index (χ4n) is 1.99. The topological polar surface area (TPSA) is 66.1 Å². The summed E-state index contributed by atoms with van der Waals surface area (Å²) in [6, 6.07) is 1.62. The molecule has 0 fully saturated rings. The summed E-state index contributed by atoms with van der Waals surface area (Å²) >= 11 is 1.02. The number of halogens is 1. The van der Waals surface area contributed by atoms with Gasteiger partial charge in [0.15, 0.2) is 5.13 Å². The van der Waals surface area contributed by atoms with Crippen molar-refractivity contribution in [2.75, 3.05) is 13.1 Å². The summed E-state index contributed by atoms with van der Waals surface area (Å²) in [5, 5.41) is 1.39. The van der Waals surface area contributed by atoms with Crippen LogP contribution in [0.1, 0.15) is 51.8 Å². The van der Waals surface area contributed by atoms with Crippen LogP contribution < -0.4 is 5.56 Å². The van der Waals surface area contributed by atoms with Crippen LogP contribution in [0, 0.1) is 5.13 Å². The van der Waals surface area contributed by atoms with E-state index in [4.69, 9.17) is 0 Å². The molecule has 0 unspecified atom stereocenters. The zero-order valence-electron chi connectivity index (χ0n) is 16.1. The Bertz CT molecular complexity index is 658. The Morgan fingerprint density at radius 2 is 2.08 bits per heavy atom. The molecule has 0 aliphatic rings.